The Bertz CT molecular complexity index is 197. The molecule has 0 saturated carbocycles. The molecule has 66 valence electrons. The molecule has 1 rings (SSSR count). The minimum atomic E-state index is 0.551. The highest BCUT2D eigenvalue weighted by atomic mass is 32.1. The first-order valence-electron chi connectivity index (χ1n) is 3.96. The smallest absolute Gasteiger partial charge is 0.0861 e. The van der Waals surface area contributed by atoms with Crippen LogP contribution in [0.5, 0.6) is 0 Å². The molecule has 0 radical (unpaired) electrons. The third-order valence-electron chi connectivity index (χ3n) is 1.57. The summed E-state index contributed by atoms with van der Waals surface area (Å²) in [6, 6.07) is 8.11. The summed E-state index contributed by atoms with van der Waals surface area (Å²) in [6.07, 6.45) is 0. The number of hydrogen-bond acceptors (Lipinski definition) is 3. The summed E-state index contributed by atoms with van der Waals surface area (Å²) in [5, 5.41) is 3.22. The van der Waals surface area contributed by atoms with E-state index in [9.17, 15) is 0 Å². The first-order chi connectivity index (χ1) is 5.86. The van der Waals surface area contributed by atoms with Crippen LogP contribution < -0.4 is 5.32 Å². The molecule has 0 heterocycles. The Kier molecular flexibility index (Phi) is 3.97. The average Bonchev–Trinajstić information content (AvgIpc) is 2.09. The molecule has 3 heteroatoms. The molecule has 0 aromatic heterocycles. The van der Waals surface area contributed by atoms with Crippen LogP contribution in [0.4, 0.5) is 5.69 Å². The Morgan fingerprint density at radius 1 is 1.33 bits per heavy atom. The molecule has 1 aromatic rings. The van der Waals surface area contributed by atoms with Crippen molar-refractivity contribution in [2.45, 2.75) is 13.5 Å². The van der Waals surface area contributed by atoms with Gasteiger partial charge in [0.2, 0.25) is 0 Å². The minimum absolute atomic E-state index is 0.551. The van der Waals surface area contributed by atoms with E-state index in [0.717, 1.165) is 17.8 Å². The molecule has 2 nitrogen and oxygen atoms in total. The van der Waals surface area contributed by atoms with E-state index in [-0.39, 0.29) is 0 Å². The molecule has 0 aliphatic carbocycles. The van der Waals surface area contributed by atoms with Gasteiger partial charge in [0.25, 0.3) is 0 Å². The fraction of sp³-hybridized carbons (Fsp3) is 0.333. The van der Waals surface area contributed by atoms with Crippen LogP contribution in [0.3, 0.4) is 0 Å². The second-order valence-corrected chi connectivity index (χ2v) is 2.76. The second-order valence-electron chi connectivity index (χ2n) is 2.50. The van der Waals surface area contributed by atoms with E-state index in [1.54, 1.807) is 0 Å². The standard InChI is InChI=1S/C9H13NOS/c1-2-10-9-5-3-8(4-6-9)7-11-12/h3-6,10,12H,2,7H2,1H3. The van der Waals surface area contributed by atoms with Gasteiger partial charge in [-0.3, -0.25) is 0 Å². The van der Waals surface area contributed by atoms with Crippen LogP contribution in [0.15, 0.2) is 24.3 Å². The molecule has 0 aliphatic rings. The predicted octanol–water partition coefficient (Wildman–Crippen LogP) is 2.48. The molecule has 1 N–H and O–H groups in total. The fourth-order valence-electron chi connectivity index (χ4n) is 0.997. The van der Waals surface area contributed by atoms with Crippen molar-refractivity contribution in [2.24, 2.45) is 0 Å². The highest BCUT2D eigenvalue weighted by Crippen LogP contribution is 2.10. The van der Waals surface area contributed by atoms with Gasteiger partial charge in [-0.05, 0) is 37.5 Å². The van der Waals surface area contributed by atoms with E-state index in [4.69, 9.17) is 4.18 Å². The topological polar surface area (TPSA) is 21.3 Å². The second kappa shape index (κ2) is 5.06. The Labute approximate surface area is 78.6 Å². The molecule has 1 aromatic carbocycles. The van der Waals surface area contributed by atoms with E-state index in [0.29, 0.717) is 6.61 Å². The molecule has 0 amide bonds. The lowest BCUT2D eigenvalue weighted by molar-refractivity contribution is 0.372. The molecule has 12 heavy (non-hydrogen) atoms. The van der Waals surface area contributed by atoms with Gasteiger partial charge in [-0.2, -0.15) is 0 Å². The van der Waals surface area contributed by atoms with E-state index >= 15 is 0 Å². The van der Waals surface area contributed by atoms with Crippen LogP contribution in [0, 0.1) is 0 Å². The zero-order valence-electron chi connectivity index (χ0n) is 7.08. The van der Waals surface area contributed by atoms with E-state index in [1.165, 1.54) is 0 Å². The zero-order chi connectivity index (χ0) is 8.81. The highest BCUT2D eigenvalue weighted by molar-refractivity contribution is 7.75. The molecular weight excluding hydrogens is 170 g/mol. The maximum atomic E-state index is 4.70. The quantitative estimate of drug-likeness (QED) is 0.553. The number of nitrogens with one attached hydrogen (secondary N) is 1. The lowest BCUT2D eigenvalue weighted by Gasteiger charge is -2.03. The van der Waals surface area contributed by atoms with Crippen LogP contribution in [0.2, 0.25) is 0 Å². The van der Waals surface area contributed by atoms with Gasteiger partial charge in [0.05, 0.1) is 6.61 Å². The van der Waals surface area contributed by atoms with Crippen molar-refractivity contribution in [3.8, 4) is 0 Å². The van der Waals surface area contributed by atoms with Crippen molar-refractivity contribution in [3.05, 3.63) is 29.8 Å². The van der Waals surface area contributed by atoms with E-state index < -0.39 is 0 Å². The molecule has 0 bridgehead atoms. The van der Waals surface area contributed by atoms with Crippen molar-refractivity contribution in [1.29, 1.82) is 0 Å². The molecule has 0 atom stereocenters. The van der Waals surface area contributed by atoms with Crippen LogP contribution >= 0.6 is 12.9 Å². The lowest BCUT2D eigenvalue weighted by Crippen LogP contribution is -1.96. The Morgan fingerprint density at radius 2 is 2.00 bits per heavy atom. The predicted molar refractivity (Wildman–Crippen MR) is 54.4 cm³/mol. The summed E-state index contributed by atoms with van der Waals surface area (Å²) >= 11 is 3.68. The molecule has 0 aliphatic heterocycles. The van der Waals surface area contributed by atoms with Gasteiger partial charge in [-0.15, -0.1) is 0 Å². The fourth-order valence-corrected chi connectivity index (χ4v) is 1.15. The summed E-state index contributed by atoms with van der Waals surface area (Å²) in [5.41, 5.74) is 2.27. The number of benzene rings is 1. The van der Waals surface area contributed by atoms with Crippen molar-refractivity contribution in [1.82, 2.24) is 0 Å². The number of rotatable bonds is 4. The molecular formula is C9H13NOS. The normalized spacial score (nSPS) is 9.83. The van der Waals surface area contributed by atoms with Crippen molar-refractivity contribution < 1.29 is 4.18 Å². The van der Waals surface area contributed by atoms with E-state index in [2.05, 4.69) is 25.2 Å². The number of thiol groups is 1. The largest absolute Gasteiger partial charge is 0.385 e. The van der Waals surface area contributed by atoms with Crippen molar-refractivity contribution >= 4 is 18.6 Å². The minimum Gasteiger partial charge on any atom is -0.385 e. The number of anilines is 1. The highest BCUT2D eigenvalue weighted by Gasteiger charge is 1.91. The van der Waals surface area contributed by atoms with Crippen LogP contribution in [-0.4, -0.2) is 6.54 Å². The van der Waals surface area contributed by atoms with Gasteiger partial charge in [0.15, 0.2) is 0 Å². The third-order valence-corrected chi connectivity index (χ3v) is 1.70. The third kappa shape index (κ3) is 2.75. The van der Waals surface area contributed by atoms with Crippen LogP contribution in [0.1, 0.15) is 12.5 Å². The van der Waals surface area contributed by atoms with Gasteiger partial charge in [-0.1, -0.05) is 12.1 Å². The summed E-state index contributed by atoms with van der Waals surface area (Å²) < 4.78 is 4.70. The SMILES string of the molecule is CCNc1ccc(COS)cc1. The Balaban J connectivity index is 2.58. The van der Waals surface area contributed by atoms with E-state index in [1.807, 2.05) is 24.3 Å². The van der Waals surface area contributed by atoms with Crippen molar-refractivity contribution in [3.63, 3.8) is 0 Å². The van der Waals surface area contributed by atoms with Gasteiger partial charge < -0.3 is 9.50 Å². The zero-order valence-corrected chi connectivity index (χ0v) is 7.97. The first kappa shape index (κ1) is 9.42. The monoisotopic (exact) mass is 183 g/mol. The summed E-state index contributed by atoms with van der Waals surface area (Å²) in [5.74, 6) is 0. The molecule has 0 fully saturated rings. The summed E-state index contributed by atoms with van der Waals surface area (Å²) in [7, 11) is 0. The Morgan fingerprint density at radius 3 is 2.50 bits per heavy atom. The average molecular weight is 183 g/mol. The van der Waals surface area contributed by atoms with Crippen LogP contribution in [0.25, 0.3) is 0 Å². The van der Waals surface area contributed by atoms with Gasteiger partial charge in [0, 0.05) is 12.2 Å². The first-order valence-corrected chi connectivity index (χ1v) is 4.32. The van der Waals surface area contributed by atoms with Crippen LogP contribution in [-0.2, 0) is 10.8 Å². The van der Waals surface area contributed by atoms with Gasteiger partial charge >= 0.3 is 0 Å². The molecule has 0 unspecified atom stereocenters. The maximum Gasteiger partial charge on any atom is 0.0861 e. The van der Waals surface area contributed by atoms with Crippen molar-refractivity contribution in [2.75, 3.05) is 11.9 Å². The summed E-state index contributed by atoms with van der Waals surface area (Å²) in [6.45, 7) is 3.57. The molecule has 0 spiro atoms. The number of hydrogen-bond donors (Lipinski definition) is 2. The Hall–Kier alpha value is -0.670. The van der Waals surface area contributed by atoms with Gasteiger partial charge in [-0.25, -0.2) is 0 Å². The maximum absolute atomic E-state index is 4.70. The lowest BCUT2D eigenvalue weighted by atomic mass is 10.2. The molecule has 0 saturated heterocycles. The van der Waals surface area contributed by atoms with Gasteiger partial charge in [0.1, 0.15) is 0 Å². The summed E-state index contributed by atoms with van der Waals surface area (Å²) in [4.78, 5) is 0.